The van der Waals surface area contributed by atoms with E-state index in [0.717, 1.165) is 31.8 Å². The molecule has 2 rings (SSSR count). The van der Waals surface area contributed by atoms with Gasteiger partial charge in [-0.05, 0) is 38.8 Å². The molecule has 1 saturated heterocycles. The molecular formula is C14H22N4O. The fraction of sp³-hybridized carbons (Fsp3) is 0.714. The van der Waals surface area contributed by atoms with E-state index in [9.17, 15) is 5.11 Å². The maximum absolute atomic E-state index is 10.4. The highest BCUT2D eigenvalue weighted by Crippen LogP contribution is 2.30. The lowest BCUT2D eigenvalue weighted by atomic mass is 9.90. The maximum Gasteiger partial charge on any atom is 0.137 e. The normalized spacial score (nSPS) is 20.9. The summed E-state index contributed by atoms with van der Waals surface area (Å²) >= 11 is 0. The number of hydrogen-bond acceptors (Lipinski definition) is 4. The molecule has 0 amide bonds. The number of aromatic nitrogens is 2. The van der Waals surface area contributed by atoms with Gasteiger partial charge in [-0.25, -0.2) is 4.98 Å². The van der Waals surface area contributed by atoms with Gasteiger partial charge in [0.15, 0.2) is 0 Å². The van der Waals surface area contributed by atoms with Crippen LogP contribution >= 0.6 is 0 Å². The Morgan fingerprint density at radius 2 is 2.21 bits per heavy atom. The minimum Gasteiger partial charge on any atom is -0.385 e. The van der Waals surface area contributed by atoms with E-state index in [1.165, 1.54) is 0 Å². The largest absolute Gasteiger partial charge is 0.385 e. The van der Waals surface area contributed by atoms with Crippen molar-refractivity contribution >= 4 is 0 Å². The minimum atomic E-state index is -0.478. The van der Waals surface area contributed by atoms with Crippen LogP contribution in [0.15, 0.2) is 12.4 Å². The zero-order valence-electron chi connectivity index (χ0n) is 11.7. The van der Waals surface area contributed by atoms with Gasteiger partial charge < -0.3 is 9.67 Å². The van der Waals surface area contributed by atoms with Crippen LogP contribution < -0.4 is 0 Å². The maximum atomic E-state index is 10.4. The standard InChI is InChI=1S/C14H22N4O/c1-11(3-6-15)18-8-4-12(5-9-18)13(19)14-16-7-10-17(14)2/h7,10-13,19H,3-5,8-9H2,1-2H3. The molecule has 1 aromatic heterocycles. The van der Waals surface area contributed by atoms with Crippen molar-refractivity contribution in [3.05, 3.63) is 18.2 Å². The summed E-state index contributed by atoms with van der Waals surface area (Å²) in [5.41, 5.74) is 0. The molecule has 104 valence electrons. The average Bonchev–Trinajstić information content (AvgIpc) is 2.84. The van der Waals surface area contributed by atoms with Gasteiger partial charge in [0.25, 0.3) is 0 Å². The molecular weight excluding hydrogens is 240 g/mol. The van der Waals surface area contributed by atoms with Crippen LogP contribution in [0.1, 0.15) is 38.1 Å². The summed E-state index contributed by atoms with van der Waals surface area (Å²) in [7, 11) is 1.91. The van der Waals surface area contributed by atoms with Crippen LogP contribution in [0.2, 0.25) is 0 Å². The molecule has 1 fully saturated rings. The van der Waals surface area contributed by atoms with E-state index in [2.05, 4.69) is 22.9 Å². The lowest BCUT2D eigenvalue weighted by Gasteiger charge is -2.36. The molecule has 0 aliphatic carbocycles. The van der Waals surface area contributed by atoms with Gasteiger partial charge in [-0.2, -0.15) is 5.26 Å². The average molecular weight is 262 g/mol. The van der Waals surface area contributed by atoms with Crippen LogP contribution in [0.3, 0.4) is 0 Å². The number of likely N-dealkylation sites (tertiary alicyclic amines) is 1. The highest BCUT2D eigenvalue weighted by atomic mass is 16.3. The first kappa shape index (κ1) is 14.0. The number of piperidine rings is 1. The van der Waals surface area contributed by atoms with Gasteiger partial charge >= 0.3 is 0 Å². The van der Waals surface area contributed by atoms with E-state index in [-0.39, 0.29) is 5.92 Å². The van der Waals surface area contributed by atoms with Crippen molar-refractivity contribution in [3.8, 4) is 6.07 Å². The van der Waals surface area contributed by atoms with Crippen LogP contribution in [-0.4, -0.2) is 38.7 Å². The molecule has 1 aliphatic heterocycles. The van der Waals surface area contributed by atoms with E-state index in [0.29, 0.717) is 12.5 Å². The Morgan fingerprint density at radius 1 is 1.53 bits per heavy atom. The first-order valence-corrected chi connectivity index (χ1v) is 6.89. The molecule has 0 spiro atoms. The summed E-state index contributed by atoms with van der Waals surface area (Å²) in [5, 5.41) is 19.1. The number of aliphatic hydroxyl groups is 1. The van der Waals surface area contributed by atoms with Gasteiger partial charge in [-0.15, -0.1) is 0 Å². The van der Waals surface area contributed by atoms with Crippen LogP contribution in [0, 0.1) is 17.2 Å². The van der Waals surface area contributed by atoms with Crippen molar-refractivity contribution in [3.63, 3.8) is 0 Å². The molecule has 1 aromatic rings. The lowest BCUT2D eigenvalue weighted by molar-refractivity contribution is 0.0413. The van der Waals surface area contributed by atoms with E-state index in [4.69, 9.17) is 5.26 Å². The molecule has 1 N–H and O–H groups in total. The molecule has 1 aliphatic rings. The second-order valence-corrected chi connectivity index (χ2v) is 5.43. The first-order valence-electron chi connectivity index (χ1n) is 6.89. The third-order valence-electron chi connectivity index (χ3n) is 4.15. The Morgan fingerprint density at radius 3 is 2.74 bits per heavy atom. The summed E-state index contributed by atoms with van der Waals surface area (Å²) in [5.74, 6) is 1.02. The van der Waals surface area contributed by atoms with Crippen LogP contribution in [0.5, 0.6) is 0 Å². The predicted molar refractivity (Wildman–Crippen MR) is 72.2 cm³/mol. The van der Waals surface area contributed by atoms with Crippen LogP contribution in [0.25, 0.3) is 0 Å². The van der Waals surface area contributed by atoms with E-state index >= 15 is 0 Å². The lowest BCUT2D eigenvalue weighted by Crippen LogP contribution is -2.41. The smallest absolute Gasteiger partial charge is 0.137 e. The molecule has 2 heterocycles. The molecule has 0 bridgehead atoms. The Kier molecular flexibility index (Phi) is 4.56. The third-order valence-corrected chi connectivity index (χ3v) is 4.15. The summed E-state index contributed by atoms with van der Waals surface area (Å²) in [6, 6.07) is 2.54. The van der Waals surface area contributed by atoms with Crippen LogP contribution in [-0.2, 0) is 7.05 Å². The Labute approximate surface area is 114 Å². The van der Waals surface area contributed by atoms with Gasteiger partial charge in [0.1, 0.15) is 11.9 Å². The second-order valence-electron chi connectivity index (χ2n) is 5.43. The zero-order valence-corrected chi connectivity index (χ0v) is 11.7. The summed E-state index contributed by atoms with van der Waals surface area (Å²) in [4.78, 5) is 6.57. The Hall–Kier alpha value is -1.38. The van der Waals surface area contributed by atoms with Crippen molar-refractivity contribution in [2.24, 2.45) is 13.0 Å². The highest BCUT2D eigenvalue weighted by molar-refractivity contribution is 4.98. The number of nitriles is 1. The highest BCUT2D eigenvalue weighted by Gasteiger charge is 2.29. The van der Waals surface area contributed by atoms with Crippen LogP contribution in [0.4, 0.5) is 0 Å². The molecule has 0 radical (unpaired) electrons. The molecule has 5 nitrogen and oxygen atoms in total. The van der Waals surface area contributed by atoms with E-state index in [1.807, 2.05) is 17.8 Å². The summed E-state index contributed by atoms with van der Waals surface area (Å²) in [6.45, 7) is 4.00. The Bertz CT molecular complexity index is 443. The van der Waals surface area contributed by atoms with Gasteiger partial charge in [0.05, 0.1) is 12.5 Å². The number of aliphatic hydroxyl groups excluding tert-OH is 1. The van der Waals surface area contributed by atoms with Crippen molar-refractivity contribution < 1.29 is 5.11 Å². The quantitative estimate of drug-likeness (QED) is 0.892. The molecule has 2 unspecified atom stereocenters. The number of hydrogen-bond donors (Lipinski definition) is 1. The van der Waals surface area contributed by atoms with Gasteiger partial charge in [-0.3, -0.25) is 4.90 Å². The number of rotatable bonds is 4. The monoisotopic (exact) mass is 262 g/mol. The minimum absolute atomic E-state index is 0.270. The van der Waals surface area contributed by atoms with Crippen molar-refractivity contribution in [1.82, 2.24) is 14.5 Å². The van der Waals surface area contributed by atoms with E-state index < -0.39 is 6.10 Å². The van der Waals surface area contributed by atoms with Gasteiger partial charge in [-0.1, -0.05) is 0 Å². The Balaban J connectivity index is 1.90. The molecule has 0 aromatic carbocycles. The summed E-state index contributed by atoms with van der Waals surface area (Å²) in [6.07, 6.45) is 5.61. The molecule has 19 heavy (non-hydrogen) atoms. The zero-order chi connectivity index (χ0) is 13.8. The van der Waals surface area contributed by atoms with Crippen molar-refractivity contribution in [2.75, 3.05) is 13.1 Å². The number of nitrogens with zero attached hydrogens (tertiary/aromatic N) is 4. The third kappa shape index (κ3) is 3.14. The topological polar surface area (TPSA) is 65.1 Å². The first-order chi connectivity index (χ1) is 9.13. The fourth-order valence-electron chi connectivity index (χ4n) is 2.81. The number of aryl methyl sites for hydroxylation is 1. The predicted octanol–water partition coefficient (Wildman–Crippen LogP) is 1.47. The molecule has 0 saturated carbocycles. The van der Waals surface area contributed by atoms with Crippen molar-refractivity contribution in [1.29, 1.82) is 5.26 Å². The van der Waals surface area contributed by atoms with Gasteiger partial charge in [0.2, 0.25) is 0 Å². The fourth-order valence-corrected chi connectivity index (χ4v) is 2.81. The van der Waals surface area contributed by atoms with Crippen molar-refractivity contribution in [2.45, 2.75) is 38.3 Å². The molecule has 5 heteroatoms. The second kappa shape index (κ2) is 6.18. The van der Waals surface area contributed by atoms with E-state index in [1.54, 1.807) is 6.20 Å². The van der Waals surface area contributed by atoms with Gasteiger partial charge in [0, 0.05) is 25.5 Å². The number of imidazole rings is 1. The SMILES string of the molecule is CC(CC#N)N1CCC(C(O)c2nccn2C)CC1. The molecule has 2 atom stereocenters. The summed E-state index contributed by atoms with van der Waals surface area (Å²) < 4.78 is 1.88.